The summed E-state index contributed by atoms with van der Waals surface area (Å²) in [4.78, 5) is 0. The summed E-state index contributed by atoms with van der Waals surface area (Å²) in [5.41, 5.74) is -1.38. The van der Waals surface area contributed by atoms with Crippen molar-refractivity contribution in [3.05, 3.63) is 0 Å². The van der Waals surface area contributed by atoms with Crippen molar-refractivity contribution < 1.29 is 13.2 Å². The Morgan fingerprint density at radius 1 is 1.56 bits per heavy atom. The minimum absolute atomic E-state index is 0.366. The van der Waals surface area contributed by atoms with Crippen LogP contribution in [0.1, 0.15) is 6.92 Å². The van der Waals surface area contributed by atoms with Crippen molar-refractivity contribution in [1.29, 1.82) is 0 Å². The highest BCUT2D eigenvalue weighted by molar-refractivity contribution is 8.00. The third-order valence-electron chi connectivity index (χ3n) is 1.49. The molecule has 54 valence electrons. The minimum Gasteiger partial charge on any atom is -0.235 e. The number of thioether (sulfide) groups is 1. The van der Waals surface area contributed by atoms with Crippen LogP contribution in [0.2, 0.25) is 0 Å². The van der Waals surface area contributed by atoms with Gasteiger partial charge in [0.25, 0.3) is 5.92 Å². The highest BCUT2D eigenvalue weighted by Crippen LogP contribution is 2.43. The molecule has 1 aliphatic heterocycles. The van der Waals surface area contributed by atoms with Crippen LogP contribution in [-0.4, -0.2) is 17.2 Å². The van der Waals surface area contributed by atoms with E-state index in [2.05, 4.69) is 0 Å². The molecule has 0 spiro atoms. The van der Waals surface area contributed by atoms with Gasteiger partial charge in [0, 0.05) is 0 Å². The van der Waals surface area contributed by atoms with Crippen LogP contribution >= 0.6 is 11.8 Å². The third kappa shape index (κ3) is 1.18. The van der Waals surface area contributed by atoms with Gasteiger partial charge in [0.15, 0.2) is 5.50 Å². The van der Waals surface area contributed by atoms with Crippen molar-refractivity contribution in [2.24, 2.45) is 5.92 Å². The first kappa shape index (κ1) is 7.25. The van der Waals surface area contributed by atoms with E-state index in [4.69, 9.17) is 0 Å². The van der Waals surface area contributed by atoms with Crippen LogP contribution in [-0.2, 0) is 0 Å². The molecule has 1 fully saturated rings. The normalized spacial score (nSPS) is 41.3. The van der Waals surface area contributed by atoms with E-state index in [1.54, 1.807) is 0 Å². The minimum atomic E-state index is -2.79. The Balaban J connectivity index is 2.62. The van der Waals surface area contributed by atoms with E-state index >= 15 is 0 Å². The molecule has 0 aromatic heterocycles. The summed E-state index contributed by atoms with van der Waals surface area (Å²) in [5.74, 6) is -4.26. The van der Waals surface area contributed by atoms with Crippen molar-refractivity contribution in [3.63, 3.8) is 0 Å². The monoisotopic (exact) mass is 156 g/mol. The lowest BCUT2D eigenvalue weighted by Gasteiger charge is -2.12. The van der Waals surface area contributed by atoms with Crippen LogP contribution in [0, 0.1) is 5.92 Å². The molecule has 1 heterocycles. The van der Waals surface area contributed by atoms with Gasteiger partial charge in [0.05, 0.1) is 11.7 Å². The molecule has 0 amide bonds. The van der Waals surface area contributed by atoms with Crippen LogP contribution in [0.4, 0.5) is 13.2 Å². The highest BCUT2D eigenvalue weighted by atomic mass is 32.2. The smallest absolute Gasteiger partial charge is 0.235 e. The van der Waals surface area contributed by atoms with E-state index in [1.807, 2.05) is 0 Å². The second-order valence-electron chi connectivity index (χ2n) is 2.21. The van der Waals surface area contributed by atoms with Crippen molar-refractivity contribution in [3.8, 4) is 0 Å². The summed E-state index contributed by atoms with van der Waals surface area (Å²) in [6, 6.07) is 0. The zero-order valence-electron chi connectivity index (χ0n) is 4.90. The van der Waals surface area contributed by atoms with E-state index in [0.717, 1.165) is 0 Å². The van der Waals surface area contributed by atoms with Gasteiger partial charge in [-0.05, 0) is 0 Å². The molecule has 0 aliphatic carbocycles. The Bertz CT molecular complexity index is 115. The largest absolute Gasteiger partial charge is 0.263 e. The lowest BCUT2D eigenvalue weighted by molar-refractivity contribution is -0.0303. The summed E-state index contributed by atoms with van der Waals surface area (Å²) < 4.78 is 37.0. The lowest BCUT2D eigenvalue weighted by atomic mass is 10.1. The van der Waals surface area contributed by atoms with E-state index < -0.39 is 17.3 Å². The molecule has 4 heteroatoms. The van der Waals surface area contributed by atoms with Gasteiger partial charge in [-0.15, -0.1) is 11.8 Å². The Morgan fingerprint density at radius 2 is 2.11 bits per heavy atom. The van der Waals surface area contributed by atoms with Crippen molar-refractivity contribution in [2.45, 2.75) is 18.3 Å². The Morgan fingerprint density at radius 3 is 2.22 bits per heavy atom. The molecule has 1 saturated heterocycles. The maximum absolute atomic E-state index is 12.3. The zero-order chi connectivity index (χ0) is 7.07. The van der Waals surface area contributed by atoms with Crippen LogP contribution in [0.5, 0.6) is 0 Å². The summed E-state index contributed by atoms with van der Waals surface area (Å²) in [6.45, 7) is 1.24. The Kier molecular flexibility index (Phi) is 1.67. The fourth-order valence-electron chi connectivity index (χ4n) is 0.658. The van der Waals surface area contributed by atoms with Crippen molar-refractivity contribution >= 4 is 11.8 Å². The first-order chi connectivity index (χ1) is 4.04. The predicted molar refractivity (Wildman–Crippen MR) is 31.5 cm³/mol. The first-order valence-electron chi connectivity index (χ1n) is 2.67. The Labute approximate surface area is 55.8 Å². The molecular weight excluding hydrogens is 149 g/mol. The number of hydrogen-bond donors (Lipinski definition) is 0. The predicted octanol–water partition coefficient (Wildman–Crippen LogP) is 2.30. The molecule has 1 rings (SSSR count). The molecule has 0 aromatic carbocycles. The van der Waals surface area contributed by atoms with Crippen molar-refractivity contribution in [1.82, 2.24) is 0 Å². The van der Waals surface area contributed by atoms with Gasteiger partial charge >= 0.3 is 0 Å². The molecule has 0 bridgehead atoms. The van der Waals surface area contributed by atoms with Gasteiger partial charge in [-0.25, -0.2) is 13.2 Å². The molecule has 9 heavy (non-hydrogen) atoms. The molecular formula is C5H7F3S. The third-order valence-corrected chi connectivity index (χ3v) is 2.77. The van der Waals surface area contributed by atoms with E-state index in [0.29, 0.717) is 11.8 Å². The topological polar surface area (TPSA) is 0 Å². The van der Waals surface area contributed by atoms with E-state index in [-0.39, 0.29) is 5.75 Å². The van der Waals surface area contributed by atoms with Gasteiger partial charge in [0.1, 0.15) is 0 Å². The second kappa shape index (κ2) is 2.08. The van der Waals surface area contributed by atoms with Gasteiger partial charge in [0.2, 0.25) is 0 Å². The number of hydrogen-bond acceptors (Lipinski definition) is 1. The van der Waals surface area contributed by atoms with Gasteiger partial charge < -0.3 is 0 Å². The van der Waals surface area contributed by atoms with Crippen LogP contribution in [0.25, 0.3) is 0 Å². The Hall–Kier alpha value is 0.140. The molecule has 2 unspecified atom stereocenters. The van der Waals surface area contributed by atoms with Crippen molar-refractivity contribution in [2.75, 3.05) is 5.75 Å². The molecule has 0 saturated carbocycles. The quantitative estimate of drug-likeness (QED) is 0.518. The molecule has 0 aromatic rings. The SMILES string of the molecule is CC1C(F)SCC1(F)F. The maximum Gasteiger partial charge on any atom is 0.263 e. The molecule has 2 atom stereocenters. The molecule has 0 N–H and O–H groups in total. The van der Waals surface area contributed by atoms with Crippen LogP contribution < -0.4 is 0 Å². The number of alkyl halides is 3. The zero-order valence-corrected chi connectivity index (χ0v) is 5.72. The van der Waals surface area contributed by atoms with Gasteiger partial charge in [-0.2, -0.15) is 0 Å². The average molecular weight is 156 g/mol. The summed E-state index contributed by atoms with van der Waals surface area (Å²) in [6.07, 6.45) is 0. The fraction of sp³-hybridized carbons (Fsp3) is 1.00. The second-order valence-corrected chi connectivity index (χ2v) is 3.28. The highest BCUT2D eigenvalue weighted by Gasteiger charge is 2.48. The first-order valence-corrected chi connectivity index (χ1v) is 3.72. The molecule has 1 aliphatic rings. The summed E-state index contributed by atoms with van der Waals surface area (Å²) >= 11 is 0.696. The molecule has 0 nitrogen and oxygen atoms in total. The van der Waals surface area contributed by atoms with E-state index in [1.165, 1.54) is 6.92 Å². The standard InChI is InChI=1S/C5H7F3S/c1-3-4(6)9-2-5(3,7)8/h3-4H,2H2,1H3. The fourth-order valence-corrected chi connectivity index (χ4v) is 1.79. The van der Waals surface area contributed by atoms with Crippen LogP contribution in [0.3, 0.4) is 0 Å². The van der Waals surface area contributed by atoms with Crippen LogP contribution in [0.15, 0.2) is 0 Å². The maximum atomic E-state index is 12.3. The lowest BCUT2D eigenvalue weighted by Crippen LogP contribution is -2.25. The molecule has 0 radical (unpaired) electrons. The summed E-state index contributed by atoms with van der Waals surface area (Å²) in [7, 11) is 0. The number of rotatable bonds is 0. The summed E-state index contributed by atoms with van der Waals surface area (Å²) in [5, 5.41) is 0. The van der Waals surface area contributed by atoms with E-state index in [9.17, 15) is 13.2 Å². The van der Waals surface area contributed by atoms with Gasteiger partial charge in [-0.3, -0.25) is 0 Å². The number of halogens is 3. The van der Waals surface area contributed by atoms with Gasteiger partial charge in [-0.1, -0.05) is 6.92 Å². The average Bonchev–Trinajstić information content (AvgIpc) is 1.97.